The van der Waals surface area contributed by atoms with E-state index >= 15 is 4.39 Å². The molecule has 0 saturated heterocycles. The highest BCUT2D eigenvalue weighted by Crippen LogP contribution is 2.71. The van der Waals surface area contributed by atoms with Gasteiger partial charge in [0.2, 0.25) is 5.78 Å². The molecule has 8 atom stereocenters. The number of rotatable bonds is 10. The molecule has 7 nitrogen and oxygen atoms in total. The molecular formula is C32H45FO7. The summed E-state index contributed by atoms with van der Waals surface area (Å²) in [5, 5.41) is 11.7. The molecule has 0 spiro atoms. The Hall–Kier alpha value is -2.35. The van der Waals surface area contributed by atoms with Crippen LogP contribution in [0.25, 0.3) is 0 Å². The van der Waals surface area contributed by atoms with Crippen molar-refractivity contribution in [3.8, 4) is 0 Å². The molecule has 4 aliphatic rings. The summed E-state index contributed by atoms with van der Waals surface area (Å²) in [4.78, 5) is 51.7. The minimum Gasteiger partial charge on any atom is -0.457 e. The van der Waals surface area contributed by atoms with Crippen LogP contribution in [0.2, 0.25) is 0 Å². The van der Waals surface area contributed by atoms with Crippen LogP contribution in [-0.4, -0.2) is 52.6 Å². The van der Waals surface area contributed by atoms with Gasteiger partial charge in [-0.1, -0.05) is 52.2 Å². The number of unbranched alkanes of at least 4 members (excludes halogenated alkanes) is 2. The van der Waals surface area contributed by atoms with Crippen molar-refractivity contribution in [2.45, 2.75) is 116 Å². The highest BCUT2D eigenvalue weighted by molar-refractivity contribution is 6.01. The van der Waals surface area contributed by atoms with Crippen LogP contribution in [0.15, 0.2) is 23.8 Å². The van der Waals surface area contributed by atoms with E-state index in [0.29, 0.717) is 37.7 Å². The number of ketones is 2. The molecule has 222 valence electrons. The largest absolute Gasteiger partial charge is 0.457 e. The topological polar surface area (TPSA) is 107 Å². The maximum absolute atomic E-state index is 17.5. The third kappa shape index (κ3) is 4.49. The van der Waals surface area contributed by atoms with E-state index in [-0.39, 0.29) is 31.0 Å². The summed E-state index contributed by atoms with van der Waals surface area (Å²) in [6.07, 6.45) is 7.38. The molecule has 40 heavy (non-hydrogen) atoms. The number of alkyl halides is 1. The SMILES string of the molecule is CCCCC(=O)OCC(=O)C1(OC(=O)CCCC)C(C)CC2C3CCC4=CC(=O)C=CC4(C)C3(F)C(O)CC21C. The number of hydrogen-bond acceptors (Lipinski definition) is 7. The van der Waals surface area contributed by atoms with Crippen LogP contribution in [0.3, 0.4) is 0 Å². The van der Waals surface area contributed by atoms with Gasteiger partial charge in [-0.15, -0.1) is 0 Å². The second-order valence-corrected chi connectivity index (χ2v) is 12.9. The third-order valence-electron chi connectivity index (χ3n) is 10.7. The van der Waals surface area contributed by atoms with Gasteiger partial charge in [0.05, 0.1) is 6.10 Å². The van der Waals surface area contributed by atoms with Crippen molar-refractivity contribution < 1.29 is 38.1 Å². The summed E-state index contributed by atoms with van der Waals surface area (Å²) >= 11 is 0. The van der Waals surface area contributed by atoms with Crippen LogP contribution in [0.4, 0.5) is 4.39 Å². The summed E-state index contributed by atoms with van der Waals surface area (Å²) in [6, 6.07) is 0. The van der Waals surface area contributed by atoms with E-state index in [0.717, 1.165) is 12.8 Å². The van der Waals surface area contributed by atoms with Gasteiger partial charge >= 0.3 is 11.9 Å². The van der Waals surface area contributed by atoms with Crippen molar-refractivity contribution in [3.63, 3.8) is 0 Å². The lowest BCUT2D eigenvalue weighted by Gasteiger charge is -2.62. The number of halogens is 1. The van der Waals surface area contributed by atoms with E-state index in [1.807, 2.05) is 27.7 Å². The van der Waals surface area contributed by atoms with E-state index in [4.69, 9.17) is 9.47 Å². The van der Waals surface area contributed by atoms with Crippen molar-refractivity contribution in [2.24, 2.45) is 28.6 Å². The molecule has 0 bridgehead atoms. The molecule has 0 aromatic heterocycles. The van der Waals surface area contributed by atoms with Gasteiger partial charge in [0.1, 0.15) is 0 Å². The van der Waals surface area contributed by atoms with Gasteiger partial charge in [-0.3, -0.25) is 19.2 Å². The average Bonchev–Trinajstić information content (AvgIpc) is 3.12. The Bertz CT molecular complexity index is 1110. The fourth-order valence-electron chi connectivity index (χ4n) is 8.60. The Morgan fingerprint density at radius 3 is 2.38 bits per heavy atom. The molecule has 0 amide bonds. The number of allylic oxidation sites excluding steroid dienone is 4. The molecule has 0 radical (unpaired) electrons. The standard InChI is InChI=1S/C32H45FO7/c1-6-8-10-27(37)39-19-26(36)32(40-28(38)11-9-7-2)20(3)16-24-23-13-12-21-17-22(34)14-15-29(21,4)31(23,33)25(35)18-30(24,32)5/h14-15,17,20,23-25,35H,6-13,16,18-19H2,1-5H3. The third-order valence-corrected chi connectivity index (χ3v) is 10.7. The monoisotopic (exact) mass is 560 g/mol. The summed E-state index contributed by atoms with van der Waals surface area (Å²) in [5.74, 6) is -3.17. The molecule has 8 heteroatoms. The lowest BCUT2D eigenvalue weighted by atomic mass is 9.44. The molecule has 3 saturated carbocycles. The molecule has 0 aliphatic heterocycles. The van der Waals surface area contributed by atoms with Gasteiger partial charge in [0.15, 0.2) is 23.7 Å². The summed E-state index contributed by atoms with van der Waals surface area (Å²) in [7, 11) is 0. The smallest absolute Gasteiger partial charge is 0.306 e. The normalized spacial score (nSPS) is 40.0. The van der Waals surface area contributed by atoms with Gasteiger partial charge < -0.3 is 14.6 Å². The van der Waals surface area contributed by atoms with Crippen LogP contribution in [-0.2, 0) is 28.7 Å². The molecule has 8 unspecified atom stereocenters. The molecule has 0 heterocycles. The lowest BCUT2D eigenvalue weighted by Crippen LogP contribution is -2.70. The number of carbonyl (C=O) groups excluding carboxylic acids is 4. The molecule has 4 rings (SSSR count). The second-order valence-electron chi connectivity index (χ2n) is 12.9. The Morgan fingerprint density at radius 2 is 1.73 bits per heavy atom. The number of Topliss-reactive ketones (excluding diaryl/α,β-unsaturated/α-hetero) is 1. The average molecular weight is 561 g/mol. The summed E-state index contributed by atoms with van der Waals surface area (Å²) < 4.78 is 29.1. The molecule has 0 aromatic rings. The van der Waals surface area contributed by atoms with E-state index < -0.39 is 64.4 Å². The number of aliphatic hydroxyl groups is 1. The van der Waals surface area contributed by atoms with Crippen LogP contribution >= 0.6 is 0 Å². The minimum atomic E-state index is -2.06. The molecule has 3 fully saturated rings. The van der Waals surface area contributed by atoms with Crippen molar-refractivity contribution >= 4 is 23.5 Å². The van der Waals surface area contributed by atoms with Crippen LogP contribution in [0, 0.1) is 28.6 Å². The zero-order valence-corrected chi connectivity index (χ0v) is 24.6. The van der Waals surface area contributed by atoms with E-state index in [1.54, 1.807) is 13.0 Å². The summed E-state index contributed by atoms with van der Waals surface area (Å²) in [5.41, 5.74) is -5.27. The highest BCUT2D eigenvalue weighted by atomic mass is 19.1. The Labute approximate surface area is 236 Å². The highest BCUT2D eigenvalue weighted by Gasteiger charge is 2.77. The molecule has 0 aromatic carbocycles. The van der Waals surface area contributed by atoms with Crippen molar-refractivity contribution in [1.29, 1.82) is 0 Å². The minimum absolute atomic E-state index is 0.101. The quantitative estimate of drug-likeness (QED) is 0.358. The number of esters is 2. The van der Waals surface area contributed by atoms with Crippen LogP contribution in [0.1, 0.15) is 98.8 Å². The number of fused-ring (bicyclic) bond motifs is 5. The predicted molar refractivity (Wildman–Crippen MR) is 147 cm³/mol. The van der Waals surface area contributed by atoms with Gasteiger partial charge in [-0.25, -0.2) is 4.39 Å². The predicted octanol–water partition coefficient (Wildman–Crippen LogP) is 5.38. The maximum atomic E-state index is 17.5. The van der Waals surface area contributed by atoms with Crippen molar-refractivity contribution in [1.82, 2.24) is 0 Å². The van der Waals surface area contributed by atoms with E-state index in [2.05, 4.69) is 0 Å². The van der Waals surface area contributed by atoms with Gasteiger partial charge in [0, 0.05) is 35.5 Å². The number of aliphatic hydroxyl groups excluding tert-OH is 1. The Kier molecular flexibility index (Phi) is 8.53. The number of ether oxygens (including phenoxy) is 2. The zero-order chi connectivity index (χ0) is 29.5. The van der Waals surface area contributed by atoms with Crippen LogP contribution < -0.4 is 0 Å². The second kappa shape index (κ2) is 11.1. The van der Waals surface area contributed by atoms with Gasteiger partial charge in [-0.2, -0.15) is 0 Å². The van der Waals surface area contributed by atoms with Gasteiger partial charge in [0.25, 0.3) is 0 Å². The summed E-state index contributed by atoms with van der Waals surface area (Å²) in [6.45, 7) is 8.80. The first-order chi connectivity index (χ1) is 18.8. The van der Waals surface area contributed by atoms with E-state index in [9.17, 15) is 24.3 Å². The molecular weight excluding hydrogens is 515 g/mol. The van der Waals surface area contributed by atoms with Gasteiger partial charge in [-0.05, 0) is 63.5 Å². The fraction of sp³-hybridized carbons (Fsp3) is 0.750. The number of hydrogen-bond donors (Lipinski definition) is 1. The lowest BCUT2D eigenvalue weighted by molar-refractivity contribution is -0.228. The fourth-order valence-corrected chi connectivity index (χ4v) is 8.60. The van der Waals surface area contributed by atoms with Crippen LogP contribution in [0.5, 0.6) is 0 Å². The number of carbonyl (C=O) groups is 4. The maximum Gasteiger partial charge on any atom is 0.306 e. The first kappa shape index (κ1) is 30.6. The first-order valence-electron chi connectivity index (χ1n) is 15.0. The molecule has 1 N–H and O–H groups in total. The van der Waals surface area contributed by atoms with Crippen molar-refractivity contribution in [2.75, 3.05) is 6.61 Å². The zero-order valence-electron chi connectivity index (χ0n) is 24.6. The molecule has 4 aliphatic carbocycles. The van der Waals surface area contributed by atoms with E-state index in [1.165, 1.54) is 12.2 Å². The first-order valence-corrected chi connectivity index (χ1v) is 15.0. The Morgan fingerprint density at radius 1 is 1.07 bits per heavy atom. The van der Waals surface area contributed by atoms with Crippen molar-refractivity contribution in [3.05, 3.63) is 23.8 Å². The Balaban J connectivity index is 1.74.